The van der Waals surface area contributed by atoms with Gasteiger partial charge in [0, 0.05) is 11.1 Å². The number of amides is 1. The molecule has 1 amide bonds. The quantitative estimate of drug-likeness (QED) is 0.865. The lowest BCUT2D eigenvalue weighted by Gasteiger charge is -2.12. The number of rotatable bonds is 5. The Morgan fingerprint density at radius 1 is 1.21 bits per heavy atom. The van der Waals surface area contributed by atoms with Crippen molar-refractivity contribution < 1.29 is 9.53 Å². The molecule has 1 heterocycles. The monoisotopic (exact) mass is 346 g/mol. The number of nitrogens with one attached hydrogen (secondary N) is 2. The van der Waals surface area contributed by atoms with Gasteiger partial charge in [-0.2, -0.15) is 0 Å². The molecule has 1 aromatic heterocycles. The highest BCUT2D eigenvalue weighted by molar-refractivity contribution is 6.31. The average molecular weight is 347 g/mol. The highest BCUT2D eigenvalue weighted by Gasteiger charge is 2.18. The first kappa shape index (κ1) is 16.5. The summed E-state index contributed by atoms with van der Waals surface area (Å²) < 4.78 is 5.28. The van der Waals surface area contributed by atoms with Crippen molar-refractivity contribution in [2.75, 3.05) is 12.4 Å². The van der Waals surface area contributed by atoms with Gasteiger partial charge in [-0.25, -0.2) is 0 Å². The average Bonchev–Trinajstić information content (AvgIpc) is 3.09. The zero-order chi connectivity index (χ0) is 16.9. The van der Waals surface area contributed by atoms with Crippen molar-refractivity contribution in [1.82, 2.24) is 15.5 Å². The van der Waals surface area contributed by atoms with E-state index in [9.17, 15) is 4.79 Å². The summed E-state index contributed by atoms with van der Waals surface area (Å²) >= 11 is 6.00. The molecule has 6 nitrogen and oxygen atoms in total. The summed E-state index contributed by atoms with van der Waals surface area (Å²) in [7, 11) is 1.58. The van der Waals surface area contributed by atoms with Crippen molar-refractivity contribution in [3.8, 4) is 5.75 Å². The van der Waals surface area contributed by atoms with Gasteiger partial charge in [0.1, 0.15) is 5.75 Å². The summed E-state index contributed by atoms with van der Waals surface area (Å²) in [5, 5.41) is 14.7. The third kappa shape index (κ3) is 3.94. The van der Waals surface area contributed by atoms with Crippen LogP contribution in [0.3, 0.4) is 0 Å². The van der Waals surface area contributed by atoms with Gasteiger partial charge in [0.05, 0.1) is 12.8 Å². The molecule has 0 radical (unpaired) electrons. The van der Waals surface area contributed by atoms with E-state index in [1.54, 1.807) is 37.4 Å². The standard InChI is InChI=1S/C17H19ClN4O2/c1-24-15-8-6-11(18)10-14(15)20-16-9-7-13(21-22-16)17(23)19-12-4-2-3-5-12/h6-10,12H,2-5H2,1H3,(H,19,23)(H,20,22). The second-order valence-corrected chi connectivity index (χ2v) is 6.16. The number of hydrogen-bond acceptors (Lipinski definition) is 5. The van der Waals surface area contributed by atoms with Gasteiger partial charge in [-0.1, -0.05) is 24.4 Å². The van der Waals surface area contributed by atoms with Gasteiger partial charge < -0.3 is 15.4 Å². The van der Waals surface area contributed by atoms with Crippen molar-refractivity contribution >= 4 is 29.0 Å². The smallest absolute Gasteiger partial charge is 0.272 e. The fraction of sp³-hybridized carbons (Fsp3) is 0.353. The second kappa shape index (κ2) is 7.49. The predicted molar refractivity (Wildman–Crippen MR) is 93.0 cm³/mol. The van der Waals surface area contributed by atoms with Crippen LogP contribution in [0.4, 0.5) is 11.5 Å². The third-order valence-corrected chi connectivity index (χ3v) is 4.25. The Kier molecular flexibility index (Phi) is 5.15. The lowest BCUT2D eigenvalue weighted by Crippen LogP contribution is -2.33. The summed E-state index contributed by atoms with van der Waals surface area (Å²) in [5.74, 6) is 0.971. The molecule has 7 heteroatoms. The van der Waals surface area contributed by atoms with Crippen molar-refractivity contribution in [2.24, 2.45) is 0 Å². The van der Waals surface area contributed by atoms with E-state index in [4.69, 9.17) is 16.3 Å². The molecule has 1 fully saturated rings. The van der Waals surface area contributed by atoms with Crippen LogP contribution in [0.2, 0.25) is 5.02 Å². The van der Waals surface area contributed by atoms with E-state index >= 15 is 0 Å². The summed E-state index contributed by atoms with van der Waals surface area (Å²) in [6.45, 7) is 0. The minimum atomic E-state index is -0.179. The number of ether oxygens (including phenoxy) is 1. The summed E-state index contributed by atoms with van der Waals surface area (Å²) in [6, 6.07) is 8.86. The predicted octanol–water partition coefficient (Wildman–Crippen LogP) is 3.55. The number of aromatic nitrogens is 2. The molecule has 0 atom stereocenters. The largest absolute Gasteiger partial charge is 0.495 e. The Labute approximate surface area is 145 Å². The fourth-order valence-electron chi connectivity index (χ4n) is 2.77. The second-order valence-electron chi connectivity index (χ2n) is 5.73. The van der Waals surface area contributed by atoms with E-state index in [1.165, 1.54) is 12.8 Å². The Morgan fingerprint density at radius 2 is 2.00 bits per heavy atom. The van der Waals surface area contributed by atoms with E-state index in [0.717, 1.165) is 12.8 Å². The fourth-order valence-corrected chi connectivity index (χ4v) is 2.94. The van der Waals surface area contributed by atoms with Crippen LogP contribution in [0.5, 0.6) is 5.75 Å². The number of carbonyl (C=O) groups excluding carboxylic acids is 1. The first-order valence-corrected chi connectivity index (χ1v) is 8.28. The molecule has 1 saturated carbocycles. The molecule has 1 aliphatic carbocycles. The molecular formula is C17H19ClN4O2. The summed E-state index contributed by atoms with van der Waals surface area (Å²) in [4.78, 5) is 12.1. The van der Waals surface area contributed by atoms with Crippen molar-refractivity contribution in [1.29, 1.82) is 0 Å². The molecule has 0 saturated heterocycles. The summed E-state index contributed by atoms with van der Waals surface area (Å²) in [5.41, 5.74) is 0.993. The van der Waals surface area contributed by atoms with Crippen LogP contribution in [0.25, 0.3) is 0 Å². The number of halogens is 1. The Balaban J connectivity index is 1.68. The minimum absolute atomic E-state index is 0.179. The first-order chi connectivity index (χ1) is 11.7. The number of benzene rings is 1. The molecule has 126 valence electrons. The van der Waals surface area contributed by atoms with Gasteiger partial charge in [0.25, 0.3) is 5.91 Å². The Morgan fingerprint density at radius 3 is 2.67 bits per heavy atom. The van der Waals surface area contributed by atoms with Gasteiger partial charge in [-0.3, -0.25) is 4.79 Å². The molecule has 3 rings (SSSR count). The van der Waals surface area contributed by atoms with Crippen molar-refractivity contribution in [3.63, 3.8) is 0 Å². The van der Waals surface area contributed by atoms with E-state index in [2.05, 4.69) is 20.8 Å². The van der Waals surface area contributed by atoms with E-state index in [0.29, 0.717) is 28.0 Å². The number of carbonyl (C=O) groups is 1. The van der Waals surface area contributed by atoms with Crippen LogP contribution in [0.15, 0.2) is 30.3 Å². The minimum Gasteiger partial charge on any atom is -0.495 e. The number of anilines is 2. The van der Waals surface area contributed by atoms with Crippen LogP contribution in [0.1, 0.15) is 36.2 Å². The molecule has 0 unspecified atom stereocenters. The lowest BCUT2D eigenvalue weighted by atomic mass is 10.2. The summed E-state index contributed by atoms with van der Waals surface area (Å²) in [6.07, 6.45) is 4.41. The molecule has 2 aromatic rings. The lowest BCUT2D eigenvalue weighted by molar-refractivity contribution is 0.0932. The normalized spacial score (nSPS) is 14.4. The first-order valence-electron chi connectivity index (χ1n) is 7.91. The number of nitrogens with zero attached hydrogens (tertiary/aromatic N) is 2. The van der Waals surface area contributed by atoms with Crippen LogP contribution >= 0.6 is 11.6 Å². The van der Waals surface area contributed by atoms with Gasteiger partial charge in [-0.15, -0.1) is 10.2 Å². The molecule has 1 aliphatic rings. The topological polar surface area (TPSA) is 76.1 Å². The van der Waals surface area contributed by atoms with Crippen molar-refractivity contribution in [3.05, 3.63) is 41.0 Å². The van der Waals surface area contributed by atoms with Gasteiger partial charge in [0.15, 0.2) is 11.5 Å². The highest BCUT2D eigenvalue weighted by Crippen LogP contribution is 2.29. The van der Waals surface area contributed by atoms with E-state index in [1.807, 2.05) is 0 Å². The zero-order valence-electron chi connectivity index (χ0n) is 13.4. The molecule has 2 N–H and O–H groups in total. The molecule has 0 aliphatic heterocycles. The number of methoxy groups -OCH3 is 1. The maximum Gasteiger partial charge on any atom is 0.272 e. The molecule has 24 heavy (non-hydrogen) atoms. The van der Waals surface area contributed by atoms with Gasteiger partial charge in [0.2, 0.25) is 0 Å². The van der Waals surface area contributed by atoms with Crippen LogP contribution in [-0.4, -0.2) is 29.3 Å². The Hall–Kier alpha value is -2.34. The molecular weight excluding hydrogens is 328 g/mol. The molecule has 1 aromatic carbocycles. The van der Waals surface area contributed by atoms with E-state index in [-0.39, 0.29) is 11.9 Å². The Bertz CT molecular complexity index is 715. The molecule has 0 bridgehead atoms. The maximum absolute atomic E-state index is 12.1. The number of hydrogen-bond donors (Lipinski definition) is 2. The zero-order valence-corrected chi connectivity index (χ0v) is 14.1. The van der Waals surface area contributed by atoms with Crippen LogP contribution in [0, 0.1) is 0 Å². The molecule has 0 spiro atoms. The van der Waals surface area contributed by atoms with Crippen LogP contribution < -0.4 is 15.4 Å². The third-order valence-electron chi connectivity index (χ3n) is 4.01. The highest BCUT2D eigenvalue weighted by atomic mass is 35.5. The maximum atomic E-state index is 12.1. The van der Waals surface area contributed by atoms with Gasteiger partial charge >= 0.3 is 0 Å². The van der Waals surface area contributed by atoms with Crippen molar-refractivity contribution in [2.45, 2.75) is 31.7 Å². The van der Waals surface area contributed by atoms with Gasteiger partial charge in [-0.05, 0) is 43.2 Å². The van der Waals surface area contributed by atoms with E-state index < -0.39 is 0 Å². The van der Waals surface area contributed by atoms with Crippen LogP contribution in [-0.2, 0) is 0 Å². The SMILES string of the molecule is COc1ccc(Cl)cc1Nc1ccc(C(=O)NC2CCCC2)nn1.